The quantitative estimate of drug-likeness (QED) is 0.580. The summed E-state index contributed by atoms with van der Waals surface area (Å²) in [5, 5.41) is 9.12. The molecule has 0 heterocycles. The molecule has 0 fully saturated rings. The molecular formula is C9H13NO3S. The fourth-order valence-electron chi connectivity index (χ4n) is 1.05. The monoisotopic (exact) mass is 215 g/mol. The van der Waals surface area contributed by atoms with Gasteiger partial charge in [-0.25, -0.2) is 8.42 Å². The van der Waals surface area contributed by atoms with E-state index in [0.29, 0.717) is 5.56 Å². The molecule has 5 heteroatoms. The molecule has 0 atom stereocenters. The Morgan fingerprint density at radius 1 is 1.43 bits per heavy atom. The maximum atomic E-state index is 11.3. The van der Waals surface area contributed by atoms with Gasteiger partial charge in [-0.2, -0.15) is 0 Å². The van der Waals surface area contributed by atoms with E-state index in [-0.39, 0.29) is 22.9 Å². The Morgan fingerprint density at radius 2 is 2.07 bits per heavy atom. The SMILES string of the molecule is CCS(=O)(=O)Cc1ccc(O)c(N)c1. The highest BCUT2D eigenvalue weighted by atomic mass is 32.2. The minimum atomic E-state index is -3.04. The average Bonchev–Trinajstić information content (AvgIpc) is 2.11. The lowest BCUT2D eigenvalue weighted by Gasteiger charge is -2.04. The molecule has 78 valence electrons. The number of anilines is 1. The molecule has 14 heavy (non-hydrogen) atoms. The second-order valence-corrected chi connectivity index (χ2v) is 5.42. The molecule has 0 aromatic heterocycles. The lowest BCUT2D eigenvalue weighted by atomic mass is 10.2. The molecule has 1 aromatic rings. The minimum Gasteiger partial charge on any atom is -0.506 e. The van der Waals surface area contributed by atoms with Gasteiger partial charge in [-0.15, -0.1) is 0 Å². The van der Waals surface area contributed by atoms with Crippen LogP contribution in [0.15, 0.2) is 18.2 Å². The number of hydrogen-bond acceptors (Lipinski definition) is 4. The van der Waals surface area contributed by atoms with Crippen LogP contribution in [0.3, 0.4) is 0 Å². The second kappa shape index (κ2) is 3.88. The zero-order chi connectivity index (χ0) is 10.8. The van der Waals surface area contributed by atoms with Crippen molar-refractivity contribution in [2.24, 2.45) is 0 Å². The predicted octanol–water partition coefficient (Wildman–Crippen LogP) is 0.909. The van der Waals surface area contributed by atoms with Crippen LogP contribution in [-0.4, -0.2) is 19.3 Å². The maximum Gasteiger partial charge on any atom is 0.154 e. The van der Waals surface area contributed by atoms with E-state index in [1.165, 1.54) is 12.1 Å². The molecule has 0 aliphatic rings. The smallest absolute Gasteiger partial charge is 0.154 e. The summed E-state index contributed by atoms with van der Waals surface area (Å²) in [6.45, 7) is 1.60. The van der Waals surface area contributed by atoms with Crippen molar-refractivity contribution >= 4 is 15.5 Å². The molecule has 4 nitrogen and oxygen atoms in total. The van der Waals surface area contributed by atoms with Crippen molar-refractivity contribution in [1.82, 2.24) is 0 Å². The van der Waals surface area contributed by atoms with Gasteiger partial charge in [0.15, 0.2) is 9.84 Å². The first-order chi connectivity index (χ1) is 6.44. The first-order valence-corrected chi connectivity index (χ1v) is 6.04. The Bertz CT molecular complexity index is 426. The second-order valence-electron chi connectivity index (χ2n) is 3.07. The normalized spacial score (nSPS) is 11.5. The van der Waals surface area contributed by atoms with Gasteiger partial charge < -0.3 is 10.8 Å². The fourth-order valence-corrected chi connectivity index (χ4v) is 1.94. The molecule has 0 amide bonds. The Morgan fingerprint density at radius 3 is 2.57 bits per heavy atom. The van der Waals surface area contributed by atoms with Gasteiger partial charge in [0.05, 0.1) is 11.4 Å². The summed E-state index contributed by atoms with van der Waals surface area (Å²) < 4.78 is 22.5. The topological polar surface area (TPSA) is 80.4 Å². The van der Waals surface area contributed by atoms with E-state index < -0.39 is 9.84 Å². The number of aromatic hydroxyl groups is 1. The molecule has 0 aliphatic heterocycles. The zero-order valence-corrected chi connectivity index (χ0v) is 8.71. The van der Waals surface area contributed by atoms with Gasteiger partial charge in [-0.1, -0.05) is 13.0 Å². The highest BCUT2D eigenvalue weighted by Gasteiger charge is 2.09. The van der Waals surface area contributed by atoms with Crippen LogP contribution in [0, 0.1) is 0 Å². The van der Waals surface area contributed by atoms with Crippen molar-refractivity contribution in [3.8, 4) is 5.75 Å². The maximum absolute atomic E-state index is 11.3. The van der Waals surface area contributed by atoms with Crippen molar-refractivity contribution in [1.29, 1.82) is 0 Å². The van der Waals surface area contributed by atoms with Crippen molar-refractivity contribution < 1.29 is 13.5 Å². The van der Waals surface area contributed by atoms with Crippen molar-refractivity contribution in [2.45, 2.75) is 12.7 Å². The Kier molecular flexibility index (Phi) is 3.00. The molecule has 0 saturated heterocycles. The van der Waals surface area contributed by atoms with Gasteiger partial charge in [0, 0.05) is 5.75 Å². The third kappa shape index (κ3) is 2.63. The van der Waals surface area contributed by atoms with Crippen LogP contribution < -0.4 is 5.73 Å². The van der Waals surface area contributed by atoms with Crippen LogP contribution in [0.25, 0.3) is 0 Å². The molecule has 0 spiro atoms. The molecule has 0 unspecified atom stereocenters. The number of rotatable bonds is 3. The first-order valence-electron chi connectivity index (χ1n) is 4.22. The van der Waals surface area contributed by atoms with E-state index >= 15 is 0 Å². The van der Waals surface area contributed by atoms with Crippen LogP contribution in [0.2, 0.25) is 0 Å². The lowest BCUT2D eigenvalue weighted by Crippen LogP contribution is -2.06. The van der Waals surface area contributed by atoms with Crippen LogP contribution in [0.4, 0.5) is 5.69 Å². The first kappa shape index (κ1) is 10.8. The van der Waals surface area contributed by atoms with E-state index in [4.69, 9.17) is 10.8 Å². The zero-order valence-electron chi connectivity index (χ0n) is 7.90. The molecule has 0 radical (unpaired) electrons. The number of phenols is 1. The average molecular weight is 215 g/mol. The Balaban J connectivity index is 2.94. The third-order valence-corrected chi connectivity index (χ3v) is 3.57. The number of hydrogen-bond donors (Lipinski definition) is 2. The van der Waals surface area contributed by atoms with Crippen LogP contribution in [0.5, 0.6) is 5.75 Å². The number of sulfone groups is 1. The van der Waals surface area contributed by atoms with Crippen molar-refractivity contribution in [2.75, 3.05) is 11.5 Å². The van der Waals surface area contributed by atoms with Crippen LogP contribution in [-0.2, 0) is 15.6 Å². The van der Waals surface area contributed by atoms with Gasteiger partial charge in [-0.3, -0.25) is 0 Å². The van der Waals surface area contributed by atoms with Gasteiger partial charge in [0.2, 0.25) is 0 Å². The van der Waals surface area contributed by atoms with Gasteiger partial charge in [0.25, 0.3) is 0 Å². The van der Waals surface area contributed by atoms with E-state index in [9.17, 15) is 8.42 Å². The lowest BCUT2D eigenvalue weighted by molar-refractivity contribution is 0.478. The van der Waals surface area contributed by atoms with Gasteiger partial charge in [-0.05, 0) is 17.7 Å². The largest absolute Gasteiger partial charge is 0.506 e. The molecule has 0 bridgehead atoms. The highest BCUT2D eigenvalue weighted by molar-refractivity contribution is 7.90. The van der Waals surface area contributed by atoms with Gasteiger partial charge >= 0.3 is 0 Å². The number of benzene rings is 1. The third-order valence-electron chi connectivity index (χ3n) is 1.92. The summed E-state index contributed by atoms with van der Waals surface area (Å²) in [6, 6.07) is 4.43. The van der Waals surface area contributed by atoms with E-state index in [1.54, 1.807) is 13.0 Å². The van der Waals surface area contributed by atoms with E-state index in [2.05, 4.69) is 0 Å². The number of nitrogen functional groups attached to an aromatic ring is 1. The fraction of sp³-hybridized carbons (Fsp3) is 0.333. The predicted molar refractivity (Wildman–Crippen MR) is 55.7 cm³/mol. The number of phenolic OH excluding ortho intramolecular Hbond substituents is 1. The molecule has 3 N–H and O–H groups in total. The molecule has 0 saturated carbocycles. The van der Waals surface area contributed by atoms with E-state index in [1.807, 2.05) is 0 Å². The molecular weight excluding hydrogens is 202 g/mol. The summed E-state index contributed by atoms with van der Waals surface area (Å²) in [5.74, 6) is 0.0459. The number of nitrogens with two attached hydrogens (primary N) is 1. The summed E-state index contributed by atoms with van der Waals surface area (Å²) in [6.07, 6.45) is 0. The van der Waals surface area contributed by atoms with Crippen molar-refractivity contribution in [3.05, 3.63) is 23.8 Å². The summed E-state index contributed by atoms with van der Waals surface area (Å²) >= 11 is 0. The van der Waals surface area contributed by atoms with Gasteiger partial charge in [0.1, 0.15) is 5.75 Å². The Hall–Kier alpha value is -1.23. The highest BCUT2D eigenvalue weighted by Crippen LogP contribution is 2.21. The molecule has 1 rings (SSSR count). The standard InChI is InChI=1S/C9H13NO3S/c1-2-14(12,13)6-7-3-4-9(11)8(10)5-7/h3-5,11H,2,6,10H2,1H3. The molecule has 0 aliphatic carbocycles. The van der Waals surface area contributed by atoms with Crippen LogP contribution >= 0.6 is 0 Å². The summed E-state index contributed by atoms with van der Waals surface area (Å²) in [7, 11) is -3.04. The minimum absolute atomic E-state index is 0.0253. The van der Waals surface area contributed by atoms with Crippen LogP contribution in [0.1, 0.15) is 12.5 Å². The summed E-state index contributed by atoms with van der Waals surface area (Å²) in [4.78, 5) is 0. The molecule has 1 aromatic carbocycles. The van der Waals surface area contributed by atoms with Crippen molar-refractivity contribution in [3.63, 3.8) is 0 Å². The summed E-state index contributed by atoms with van der Waals surface area (Å²) in [5.41, 5.74) is 6.24. The van der Waals surface area contributed by atoms with E-state index in [0.717, 1.165) is 0 Å². The Labute approximate surface area is 83.3 Å².